The maximum Gasteiger partial charge on any atom is 0.411 e. The largest absolute Gasteiger partial charge is 0.444 e. The molecule has 1 aromatic carbocycles. The van der Waals surface area contributed by atoms with E-state index in [0.29, 0.717) is 13.0 Å². The minimum Gasteiger partial charge on any atom is -0.444 e. The third-order valence-electron chi connectivity index (χ3n) is 5.58. The van der Waals surface area contributed by atoms with Gasteiger partial charge in [-0.3, -0.25) is 9.69 Å². The van der Waals surface area contributed by atoms with Crippen molar-refractivity contribution in [3.8, 4) is 0 Å². The predicted molar refractivity (Wildman–Crippen MR) is 108 cm³/mol. The van der Waals surface area contributed by atoms with E-state index in [4.69, 9.17) is 4.74 Å². The first-order valence-corrected chi connectivity index (χ1v) is 10.2. The lowest BCUT2D eigenvalue weighted by Gasteiger charge is -2.39. The van der Waals surface area contributed by atoms with Crippen molar-refractivity contribution in [2.75, 3.05) is 13.1 Å². The van der Waals surface area contributed by atoms with Crippen LogP contribution in [-0.4, -0.2) is 51.5 Å². The summed E-state index contributed by atoms with van der Waals surface area (Å²) in [6.45, 7) is 7.47. The van der Waals surface area contributed by atoms with E-state index >= 15 is 0 Å². The van der Waals surface area contributed by atoms with Gasteiger partial charge in [-0.25, -0.2) is 4.79 Å². The molecule has 2 amide bonds. The quantitative estimate of drug-likeness (QED) is 0.814. The lowest BCUT2D eigenvalue weighted by molar-refractivity contribution is -0.138. The fourth-order valence-electron chi connectivity index (χ4n) is 4.27. The van der Waals surface area contributed by atoms with Gasteiger partial charge in [0.1, 0.15) is 11.6 Å². The number of ether oxygens (including phenoxy) is 1. The molecular formula is C22H29N3O3. The van der Waals surface area contributed by atoms with Crippen LogP contribution in [0, 0.1) is 0 Å². The predicted octanol–water partition coefficient (Wildman–Crippen LogP) is 3.84. The molecule has 0 bridgehead atoms. The van der Waals surface area contributed by atoms with Crippen molar-refractivity contribution >= 4 is 22.9 Å². The molecule has 1 N–H and O–H groups in total. The van der Waals surface area contributed by atoms with Gasteiger partial charge in [-0.05, 0) is 51.7 Å². The molecule has 2 aliphatic rings. The Morgan fingerprint density at radius 3 is 2.54 bits per heavy atom. The minimum absolute atomic E-state index is 0.0430. The van der Waals surface area contributed by atoms with E-state index in [9.17, 15) is 9.59 Å². The van der Waals surface area contributed by atoms with Crippen LogP contribution in [0.25, 0.3) is 10.9 Å². The smallest absolute Gasteiger partial charge is 0.411 e. The molecule has 1 atom stereocenters. The third-order valence-corrected chi connectivity index (χ3v) is 5.58. The van der Waals surface area contributed by atoms with E-state index in [2.05, 4.69) is 11.1 Å². The molecule has 0 saturated carbocycles. The van der Waals surface area contributed by atoms with Gasteiger partial charge in [0.25, 0.3) is 0 Å². The molecule has 2 aromatic rings. The first-order valence-electron chi connectivity index (χ1n) is 10.2. The number of piperidine rings is 1. The molecule has 0 aliphatic carbocycles. The number of benzene rings is 1. The van der Waals surface area contributed by atoms with E-state index in [1.54, 1.807) is 4.90 Å². The van der Waals surface area contributed by atoms with E-state index in [-0.39, 0.29) is 5.91 Å². The summed E-state index contributed by atoms with van der Waals surface area (Å²) < 4.78 is 5.64. The van der Waals surface area contributed by atoms with Crippen molar-refractivity contribution in [3.63, 3.8) is 0 Å². The number of nitrogens with one attached hydrogen (secondary N) is 1. The van der Waals surface area contributed by atoms with Crippen LogP contribution in [-0.2, 0) is 22.5 Å². The van der Waals surface area contributed by atoms with Gasteiger partial charge < -0.3 is 14.6 Å². The van der Waals surface area contributed by atoms with E-state index in [1.165, 1.54) is 0 Å². The van der Waals surface area contributed by atoms with Gasteiger partial charge in [0.2, 0.25) is 5.91 Å². The van der Waals surface area contributed by atoms with Gasteiger partial charge >= 0.3 is 6.09 Å². The summed E-state index contributed by atoms with van der Waals surface area (Å²) in [5, 5.41) is 1.14. The first-order chi connectivity index (χ1) is 13.3. The van der Waals surface area contributed by atoms with Crippen LogP contribution < -0.4 is 0 Å². The molecule has 1 unspecified atom stereocenters. The fraction of sp³-hybridized carbons (Fsp3) is 0.545. The van der Waals surface area contributed by atoms with E-state index < -0.39 is 17.7 Å². The summed E-state index contributed by atoms with van der Waals surface area (Å²) in [6, 6.07) is 7.60. The Balaban J connectivity index is 1.69. The zero-order chi connectivity index (χ0) is 19.9. The monoisotopic (exact) mass is 383 g/mol. The summed E-state index contributed by atoms with van der Waals surface area (Å²) in [5.74, 6) is 0.0430. The number of hydrogen-bond donors (Lipinski definition) is 1. The molecule has 6 nitrogen and oxygen atoms in total. The van der Waals surface area contributed by atoms with E-state index in [0.717, 1.165) is 54.5 Å². The average molecular weight is 383 g/mol. The molecule has 0 spiro atoms. The molecule has 150 valence electrons. The number of H-pyrrole nitrogens is 1. The van der Waals surface area contributed by atoms with Crippen LogP contribution in [0.15, 0.2) is 24.3 Å². The zero-order valence-electron chi connectivity index (χ0n) is 17.0. The van der Waals surface area contributed by atoms with Gasteiger partial charge in [-0.1, -0.05) is 18.2 Å². The highest BCUT2D eigenvalue weighted by molar-refractivity contribution is 5.90. The summed E-state index contributed by atoms with van der Waals surface area (Å²) in [7, 11) is 0. The molecule has 3 heterocycles. The van der Waals surface area contributed by atoms with Crippen molar-refractivity contribution in [1.82, 2.24) is 14.8 Å². The van der Waals surface area contributed by atoms with Gasteiger partial charge in [-0.15, -0.1) is 0 Å². The average Bonchev–Trinajstić information content (AvgIpc) is 3.03. The molecule has 1 saturated heterocycles. The van der Waals surface area contributed by atoms with Crippen LogP contribution >= 0.6 is 0 Å². The maximum absolute atomic E-state index is 13.4. The zero-order valence-corrected chi connectivity index (χ0v) is 17.0. The number of amides is 2. The van der Waals surface area contributed by atoms with E-state index in [1.807, 2.05) is 43.9 Å². The second-order valence-corrected chi connectivity index (χ2v) is 8.84. The number of fused-ring (bicyclic) bond motifs is 3. The normalized spacial score (nSPS) is 20.2. The minimum atomic E-state index is -0.601. The molecule has 0 radical (unpaired) electrons. The lowest BCUT2D eigenvalue weighted by Crippen LogP contribution is -2.55. The molecule has 2 aliphatic heterocycles. The highest BCUT2D eigenvalue weighted by Crippen LogP contribution is 2.32. The standard InChI is InChI=1S/C22H29N3O3/c1-22(2,3)28-21(27)25-14-18-16(15-9-5-6-10-17(15)23-18)13-19(25)20(26)24-11-7-4-8-12-24/h5-6,9-10,19,23H,4,7-8,11-14H2,1-3H3. The SMILES string of the molecule is CC(C)(C)OC(=O)N1Cc2[nH]c3ccccc3c2CC1C(=O)N1CCCCC1. The Labute approximate surface area is 165 Å². The first kappa shape index (κ1) is 18.8. The van der Waals surface area contributed by atoms with Crippen LogP contribution in [0.4, 0.5) is 4.79 Å². The second-order valence-electron chi connectivity index (χ2n) is 8.84. The van der Waals surface area contributed by atoms with Crippen molar-refractivity contribution in [2.24, 2.45) is 0 Å². The van der Waals surface area contributed by atoms with Gasteiger partial charge in [0.15, 0.2) is 0 Å². The fourth-order valence-corrected chi connectivity index (χ4v) is 4.27. The van der Waals surface area contributed by atoms with Gasteiger partial charge in [-0.2, -0.15) is 0 Å². The summed E-state index contributed by atoms with van der Waals surface area (Å²) in [6.07, 6.45) is 3.32. The third kappa shape index (κ3) is 3.60. The van der Waals surface area contributed by atoms with Crippen molar-refractivity contribution in [1.29, 1.82) is 0 Å². The number of rotatable bonds is 1. The maximum atomic E-state index is 13.4. The Bertz CT molecular complexity index is 890. The highest BCUT2D eigenvalue weighted by atomic mass is 16.6. The van der Waals surface area contributed by atoms with Crippen LogP contribution in [0.2, 0.25) is 0 Å². The highest BCUT2D eigenvalue weighted by Gasteiger charge is 2.40. The number of nitrogens with zero attached hydrogens (tertiary/aromatic N) is 2. The van der Waals surface area contributed by atoms with Gasteiger partial charge in [0, 0.05) is 36.1 Å². The number of para-hydroxylation sites is 1. The topological polar surface area (TPSA) is 65.6 Å². The number of carbonyl (C=O) groups is 2. The van der Waals surface area contributed by atoms with Gasteiger partial charge in [0.05, 0.1) is 6.54 Å². The summed E-state index contributed by atoms with van der Waals surface area (Å²) in [5.41, 5.74) is 2.58. The van der Waals surface area contributed by atoms with Crippen molar-refractivity contribution < 1.29 is 14.3 Å². The lowest BCUT2D eigenvalue weighted by atomic mass is 9.95. The van der Waals surface area contributed by atoms with Crippen molar-refractivity contribution in [2.45, 2.75) is 64.6 Å². The van der Waals surface area contributed by atoms with Crippen LogP contribution in [0.3, 0.4) is 0 Å². The van der Waals surface area contributed by atoms with Crippen LogP contribution in [0.1, 0.15) is 51.3 Å². The Morgan fingerprint density at radius 1 is 1.11 bits per heavy atom. The summed E-state index contributed by atoms with van der Waals surface area (Å²) >= 11 is 0. The number of likely N-dealkylation sites (tertiary alicyclic amines) is 1. The molecule has 6 heteroatoms. The molecule has 28 heavy (non-hydrogen) atoms. The molecule has 1 fully saturated rings. The number of aromatic nitrogens is 1. The molecular weight excluding hydrogens is 354 g/mol. The Hall–Kier alpha value is -2.50. The van der Waals surface area contributed by atoms with Crippen LogP contribution in [0.5, 0.6) is 0 Å². The van der Waals surface area contributed by atoms with Crippen molar-refractivity contribution in [3.05, 3.63) is 35.5 Å². The number of aromatic amines is 1. The second kappa shape index (κ2) is 7.15. The molecule has 4 rings (SSSR count). The molecule has 1 aromatic heterocycles. The Morgan fingerprint density at radius 2 is 1.82 bits per heavy atom. The number of hydrogen-bond acceptors (Lipinski definition) is 3. The summed E-state index contributed by atoms with van der Waals surface area (Å²) in [4.78, 5) is 33.3. The number of carbonyl (C=O) groups excluding carboxylic acids is 2. The Kier molecular flexibility index (Phi) is 4.81.